The Hall–Kier alpha value is -3.07. The summed E-state index contributed by atoms with van der Waals surface area (Å²) in [5.74, 6) is 1.33. The fourth-order valence-corrected chi connectivity index (χ4v) is 4.31. The normalized spacial score (nSPS) is 21.2. The number of amides is 1. The molecule has 9 nitrogen and oxygen atoms in total. The van der Waals surface area contributed by atoms with E-state index < -0.39 is 0 Å². The van der Waals surface area contributed by atoms with Crippen LogP contribution in [-0.2, 0) is 0 Å². The van der Waals surface area contributed by atoms with E-state index in [2.05, 4.69) is 32.1 Å². The van der Waals surface area contributed by atoms with E-state index in [0.717, 1.165) is 13.0 Å². The molecule has 3 aromatic rings. The van der Waals surface area contributed by atoms with Gasteiger partial charge in [-0.3, -0.25) is 14.7 Å². The monoisotopic (exact) mass is 380 g/mol. The Bertz CT molecular complexity index is 1010. The fourth-order valence-electron chi connectivity index (χ4n) is 4.31. The quantitative estimate of drug-likeness (QED) is 0.679. The summed E-state index contributed by atoms with van der Waals surface area (Å²) in [4.78, 5) is 29.4. The van der Waals surface area contributed by atoms with Gasteiger partial charge in [0, 0.05) is 31.2 Å². The van der Waals surface area contributed by atoms with Crippen LogP contribution in [0.5, 0.6) is 0 Å². The molecular weight excluding hydrogens is 360 g/mol. The van der Waals surface area contributed by atoms with Crippen LogP contribution in [0.3, 0.4) is 0 Å². The molecule has 1 unspecified atom stereocenters. The van der Waals surface area contributed by atoms with Gasteiger partial charge in [-0.25, -0.2) is 4.98 Å². The Morgan fingerprint density at radius 3 is 2.82 bits per heavy atom. The van der Waals surface area contributed by atoms with Gasteiger partial charge in [-0.05, 0) is 32.5 Å². The minimum absolute atomic E-state index is 0.0504. The second kappa shape index (κ2) is 6.23. The minimum Gasteiger partial charge on any atom is -0.438 e. The van der Waals surface area contributed by atoms with Crippen LogP contribution in [0.15, 0.2) is 39.7 Å². The van der Waals surface area contributed by atoms with E-state index in [1.807, 2.05) is 23.1 Å². The number of hydrogen-bond donors (Lipinski definition) is 0. The molecule has 2 aliphatic heterocycles. The second-order valence-electron chi connectivity index (χ2n) is 7.74. The Labute approximate surface area is 161 Å². The largest absolute Gasteiger partial charge is 0.438 e. The summed E-state index contributed by atoms with van der Waals surface area (Å²) in [5, 5.41) is 4.18. The number of likely N-dealkylation sites (tertiary alicyclic amines) is 2. The third-order valence-corrected chi connectivity index (χ3v) is 5.65. The molecular formula is C19H20N6O3. The number of rotatable bonds is 3. The zero-order chi connectivity index (χ0) is 19.3. The van der Waals surface area contributed by atoms with E-state index in [1.165, 1.54) is 6.39 Å². The highest BCUT2D eigenvalue weighted by Gasteiger charge is 2.53. The third-order valence-electron chi connectivity index (χ3n) is 5.65. The van der Waals surface area contributed by atoms with Crippen LogP contribution < -0.4 is 0 Å². The van der Waals surface area contributed by atoms with Crippen LogP contribution in [0.2, 0.25) is 0 Å². The highest BCUT2D eigenvalue weighted by Crippen LogP contribution is 2.47. The molecule has 0 radical (unpaired) electrons. The van der Waals surface area contributed by atoms with Crippen LogP contribution in [0.25, 0.3) is 11.6 Å². The molecule has 5 heterocycles. The molecule has 5 rings (SSSR count). The molecule has 1 spiro atoms. The van der Waals surface area contributed by atoms with Crippen molar-refractivity contribution in [3.8, 4) is 11.6 Å². The molecule has 28 heavy (non-hydrogen) atoms. The molecule has 2 fully saturated rings. The SMILES string of the molecule is Cc1ncoc1C(=O)N1CC2(CC(c3noc(-c4ccccn4)n3)N(C)C2)C1. The zero-order valence-electron chi connectivity index (χ0n) is 15.7. The molecule has 2 saturated heterocycles. The average Bonchev–Trinajstić information content (AvgIpc) is 3.39. The maximum absolute atomic E-state index is 12.6. The molecule has 144 valence electrons. The molecule has 0 bridgehead atoms. The molecule has 0 aromatic carbocycles. The summed E-state index contributed by atoms with van der Waals surface area (Å²) in [6, 6.07) is 5.64. The predicted molar refractivity (Wildman–Crippen MR) is 97.1 cm³/mol. The smallest absolute Gasteiger partial charge is 0.291 e. The Morgan fingerprint density at radius 2 is 2.11 bits per heavy atom. The maximum atomic E-state index is 12.6. The molecule has 0 N–H and O–H groups in total. The molecule has 1 atom stereocenters. The van der Waals surface area contributed by atoms with Crippen molar-refractivity contribution in [1.82, 2.24) is 29.9 Å². The summed E-state index contributed by atoms with van der Waals surface area (Å²) in [6.07, 6.45) is 3.89. The lowest BCUT2D eigenvalue weighted by atomic mass is 9.77. The van der Waals surface area contributed by atoms with Gasteiger partial charge in [-0.2, -0.15) is 4.98 Å². The van der Waals surface area contributed by atoms with E-state index in [9.17, 15) is 4.79 Å². The van der Waals surface area contributed by atoms with Gasteiger partial charge in [0.05, 0.1) is 11.7 Å². The lowest BCUT2D eigenvalue weighted by Crippen LogP contribution is -2.59. The van der Waals surface area contributed by atoms with Crippen LogP contribution in [0.4, 0.5) is 0 Å². The number of carbonyl (C=O) groups is 1. The summed E-state index contributed by atoms with van der Waals surface area (Å²) in [5.41, 5.74) is 1.34. The first-order chi connectivity index (χ1) is 13.5. The first kappa shape index (κ1) is 17.1. The number of aryl methyl sites for hydroxylation is 1. The van der Waals surface area contributed by atoms with E-state index in [4.69, 9.17) is 8.94 Å². The van der Waals surface area contributed by atoms with Crippen LogP contribution >= 0.6 is 0 Å². The van der Waals surface area contributed by atoms with Crippen LogP contribution in [0.1, 0.15) is 34.5 Å². The van der Waals surface area contributed by atoms with Crippen molar-refractivity contribution in [1.29, 1.82) is 0 Å². The first-order valence-corrected chi connectivity index (χ1v) is 9.19. The van der Waals surface area contributed by atoms with Gasteiger partial charge < -0.3 is 13.8 Å². The van der Waals surface area contributed by atoms with E-state index in [-0.39, 0.29) is 17.4 Å². The van der Waals surface area contributed by atoms with Gasteiger partial charge in [0.1, 0.15) is 5.69 Å². The van der Waals surface area contributed by atoms with Gasteiger partial charge in [-0.1, -0.05) is 11.2 Å². The minimum atomic E-state index is -0.0938. The maximum Gasteiger partial charge on any atom is 0.291 e. The number of hydrogen-bond acceptors (Lipinski definition) is 8. The first-order valence-electron chi connectivity index (χ1n) is 9.19. The molecule has 2 aliphatic rings. The van der Waals surface area contributed by atoms with Crippen molar-refractivity contribution in [2.24, 2.45) is 5.41 Å². The highest BCUT2D eigenvalue weighted by atomic mass is 16.5. The number of nitrogens with zero attached hydrogens (tertiary/aromatic N) is 6. The van der Waals surface area contributed by atoms with Gasteiger partial charge in [0.25, 0.3) is 11.8 Å². The van der Waals surface area contributed by atoms with Crippen molar-refractivity contribution >= 4 is 5.91 Å². The summed E-state index contributed by atoms with van der Waals surface area (Å²) >= 11 is 0. The topological polar surface area (TPSA) is 101 Å². The molecule has 0 aliphatic carbocycles. The fraction of sp³-hybridized carbons (Fsp3) is 0.421. The zero-order valence-corrected chi connectivity index (χ0v) is 15.7. The highest BCUT2D eigenvalue weighted by molar-refractivity contribution is 5.93. The lowest BCUT2D eigenvalue weighted by Gasteiger charge is -2.47. The molecule has 9 heteroatoms. The van der Waals surface area contributed by atoms with Crippen molar-refractivity contribution in [2.45, 2.75) is 19.4 Å². The van der Waals surface area contributed by atoms with E-state index >= 15 is 0 Å². The molecule has 0 saturated carbocycles. The Balaban J connectivity index is 1.28. The number of aromatic nitrogens is 4. The Morgan fingerprint density at radius 1 is 1.25 bits per heavy atom. The van der Waals surface area contributed by atoms with Crippen molar-refractivity contribution in [2.75, 3.05) is 26.7 Å². The van der Waals surface area contributed by atoms with Crippen molar-refractivity contribution < 1.29 is 13.7 Å². The summed E-state index contributed by atoms with van der Waals surface area (Å²) in [7, 11) is 2.06. The summed E-state index contributed by atoms with van der Waals surface area (Å²) < 4.78 is 10.7. The second-order valence-corrected chi connectivity index (χ2v) is 7.74. The Kier molecular flexibility index (Phi) is 3.80. The lowest BCUT2D eigenvalue weighted by molar-refractivity contribution is 0.00902. The van der Waals surface area contributed by atoms with Crippen LogP contribution in [0, 0.1) is 12.3 Å². The van der Waals surface area contributed by atoms with Gasteiger partial charge >= 0.3 is 0 Å². The standard InChI is InChI=1S/C19H20N6O3/c1-12-15(27-11-21-12)18(26)25-9-19(10-25)7-14(24(2)8-19)16-22-17(28-23-16)13-5-3-4-6-20-13/h3-6,11,14H,7-10H2,1-2H3. The molecule has 1 amide bonds. The predicted octanol–water partition coefficient (Wildman–Crippen LogP) is 1.95. The average molecular weight is 380 g/mol. The van der Waals surface area contributed by atoms with Gasteiger partial charge in [0.15, 0.2) is 12.2 Å². The number of oxazole rings is 1. The third kappa shape index (κ3) is 2.70. The van der Waals surface area contributed by atoms with E-state index in [1.54, 1.807) is 13.1 Å². The molecule has 3 aromatic heterocycles. The van der Waals surface area contributed by atoms with Gasteiger partial charge in [0.2, 0.25) is 5.76 Å². The van der Waals surface area contributed by atoms with Crippen molar-refractivity contribution in [3.05, 3.63) is 48.1 Å². The van der Waals surface area contributed by atoms with E-state index in [0.29, 0.717) is 42.0 Å². The van der Waals surface area contributed by atoms with Gasteiger partial charge in [-0.15, -0.1) is 0 Å². The van der Waals surface area contributed by atoms with Crippen LogP contribution in [-0.4, -0.2) is 62.5 Å². The number of carbonyl (C=O) groups excluding carboxylic acids is 1. The number of pyridine rings is 1. The summed E-state index contributed by atoms with van der Waals surface area (Å²) in [6.45, 7) is 4.04. The van der Waals surface area contributed by atoms with Crippen molar-refractivity contribution in [3.63, 3.8) is 0 Å².